The number of ether oxygens (including phenoxy) is 1. The van der Waals surface area contributed by atoms with Crippen molar-refractivity contribution in [2.75, 3.05) is 13.1 Å². The molecule has 1 N–H and O–H groups in total. The molecule has 1 heterocycles. The molecule has 0 unspecified atom stereocenters. The van der Waals surface area contributed by atoms with Crippen LogP contribution in [-0.4, -0.2) is 25.3 Å². The maximum Gasteiger partial charge on any atom is 0.104 e. The summed E-state index contributed by atoms with van der Waals surface area (Å²) >= 11 is 12.1. The second kappa shape index (κ2) is 5.57. The van der Waals surface area contributed by atoms with Gasteiger partial charge < -0.3 is 9.64 Å². The fraction of sp³-hybridized carbons (Fsp3) is 0.538. The van der Waals surface area contributed by atoms with Crippen LogP contribution in [0.2, 0.25) is 10.0 Å². The zero-order chi connectivity index (χ0) is 12.4. The van der Waals surface area contributed by atoms with Gasteiger partial charge in [-0.05, 0) is 26.0 Å². The van der Waals surface area contributed by atoms with E-state index in [2.05, 4.69) is 13.8 Å². The van der Waals surface area contributed by atoms with Crippen LogP contribution in [0.4, 0.5) is 0 Å². The number of benzene rings is 1. The van der Waals surface area contributed by atoms with E-state index >= 15 is 0 Å². The first-order chi connectivity index (χ1) is 8.04. The highest BCUT2D eigenvalue weighted by atomic mass is 35.5. The molecule has 2 nitrogen and oxygen atoms in total. The molecule has 0 aliphatic carbocycles. The van der Waals surface area contributed by atoms with Crippen LogP contribution in [0, 0.1) is 0 Å². The summed E-state index contributed by atoms with van der Waals surface area (Å²) < 4.78 is 5.73. The van der Waals surface area contributed by atoms with Gasteiger partial charge in [-0.2, -0.15) is 0 Å². The predicted molar refractivity (Wildman–Crippen MR) is 70.9 cm³/mol. The molecule has 1 aliphatic heterocycles. The highest BCUT2D eigenvalue weighted by molar-refractivity contribution is 6.35. The Morgan fingerprint density at radius 2 is 1.88 bits per heavy atom. The fourth-order valence-corrected chi connectivity index (χ4v) is 2.94. The highest BCUT2D eigenvalue weighted by Crippen LogP contribution is 2.20. The van der Waals surface area contributed by atoms with E-state index in [0.717, 1.165) is 30.2 Å². The molecule has 1 fully saturated rings. The first kappa shape index (κ1) is 13.2. The lowest BCUT2D eigenvalue weighted by Gasteiger charge is -2.32. The van der Waals surface area contributed by atoms with Crippen LogP contribution in [-0.2, 0) is 11.3 Å². The fourth-order valence-electron chi connectivity index (χ4n) is 2.47. The maximum absolute atomic E-state index is 6.19. The number of halogens is 2. The third-order valence-corrected chi connectivity index (χ3v) is 3.66. The van der Waals surface area contributed by atoms with Gasteiger partial charge in [-0.25, -0.2) is 0 Å². The van der Waals surface area contributed by atoms with Crippen molar-refractivity contribution >= 4 is 23.2 Å². The molecule has 2 atom stereocenters. The molecule has 94 valence electrons. The summed E-state index contributed by atoms with van der Waals surface area (Å²) in [6, 6.07) is 5.73. The Labute approximate surface area is 112 Å². The Bertz CT molecular complexity index is 387. The summed E-state index contributed by atoms with van der Waals surface area (Å²) in [5.41, 5.74) is 1.16. The lowest BCUT2D eigenvalue weighted by molar-refractivity contribution is -0.928. The van der Waals surface area contributed by atoms with Crippen LogP contribution < -0.4 is 4.90 Å². The molecule has 0 radical (unpaired) electrons. The summed E-state index contributed by atoms with van der Waals surface area (Å²) in [4.78, 5) is 1.51. The van der Waals surface area contributed by atoms with Crippen LogP contribution in [0.15, 0.2) is 18.2 Å². The molecule has 0 spiro atoms. The molecule has 1 aliphatic rings. The number of rotatable bonds is 2. The van der Waals surface area contributed by atoms with Gasteiger partial charge in [-0.3, -0.25) is 0 Å². The SMILES string of the molecule is C[C@H]1C[NH+](Cc2ccc(Cl)cc2Cl)C[C@H](C)O1. The number of quaternary nitrogens is 1. The third kappa shape index (κ3) is 3.59. The van der Waals surface area contributed by atoms with Gasteiger partial charge in [0.1, 0.15) is 31.8 Å². The van der Waals surface area contributed by atoms with Gasteiger partial charge in [0.15, 0.2) is 0 Å². The van der Waals surface area contributed by atoms with Crippen molar-refractivity contribution in [1.82, 2.24) is 0 Å². The summed E-state index contributed by atoms with van der Waals surface area (Å²) in [5, 5.41) is 1.45. The average Bonchev–Trinajstić information content (AvgIpc) is 2.21. The molecule has 0 amide bonds. The molecule has 0 aromatic heterocycles. The Balaban J connectivity index is 2.04. The maximum atomic E-state index is 6.19. The second-order valence-electron chi connectivity index (χ2n) is 4.83. The minimum Gasteiger partial charge on any atom is -0.364 e. The first-order valence-electron chi connectivity index (χ1n) is 5.97. The van der Waals surface area contributed by atoms with Crippen LogP contribution >= 0.6 is 23.2 Å². The number of morpholine rings is 1. The van der Waals surface area contributed by atoms with Crippen LogP contribution in [0.1, 0.15) is 19.4 Å². The normalized spacial score (nSPS) is 29.3. The molecule has 0 saturated carbocycles. The van der Waals surface area contributed by atoms with Crippen molar-refractivity contribution in [3.8, 4) is 0 Å². The second-order valence-corrected chi connectivity index (χ2v) is 5.67. The van der Waals surface area contributed by atoms with E-state index in [1.54, 1.807) is 0 Å². The van der Waals surface area contributed by atoms with Gasteiger partial charge in [0, 0.05) is 10.6 Å². The van der Waals surface area contributed by atoms with Gasteiger partial charge in [0.25, 0.3) is 0 Å². The lowest BCUT2D eigenvalue weighted by atomic mass is 10.1. The van der Waals surface area contributed by atoms with E-state index in [1.807, 2.05) is 18.2 Å². The van der Waals surface area contributed by atoms with E-state index < -0.39 is 0 Å². The van der Waals surface area contributed by atoms with Crippen molar-refractivity contribution in [2.24, 2.45) is 0 Å². The molecule has 2 rings (SSSR count). The molecular formula is C13H18Cl2NO+. The van der Waals surface area contributed by atoms with Gasteiger partial charge in [0.05, 0.1) is 5.02 Å². The molecule has 1 aromatic rings. The van der Waals surface area contributed by atoms with Crippen LogP contribution in [0.25, 0.3) is 0 Å². The lowest BCUT2D eigenvalue weighted by Crippen LogP contribution is -3.14. The van der Waals surface area contributed by atoms with Crippen LogP contribution in [0.5, 0.6) is 0 Å². The van der Waals surface area contributed by atoms with Crippen molar-refractivity contribution in [3.63, 3.8) is 0 Å². The molecule has 17 heavy (non-hydrogen) atoms. The molecule has 0 bridgehead atoms. The zero-order valence-electron chi connectivity index (χ0n) is 10.2. The topological polar surface area (TPSA) is 13.7 Å². The van der Waals surface area contributed by atoms with Gasteiger partial charge in [-0.1, -0.05) is 29.3 Å². The highest BCUT2D eigenvalue weighted by Gasteiger charge is 2.25. The Morgan fingerprint density at radius 1 is 1.24 bits per heavy atom. The van der Waals surface area contributed by atoms with Crippen LogP contribution in [0.3, 0.4) is 0 Å². The minimum atomic E-state index is 0.319. The third-order valence-electron chi connectivity index (χ3n) is 3.07. The molecule has 4 heteroatoms. The van der Waals surface area contributed by atoms with E-state index in [1.165, 1.54) is 4.90 Å². The first-order valence-corrected chi connectivity index (χ1v) is 6.73. The van der Waals surface area contributed by atoms with E-state index in [-0.39, 0.29) is 0 Å². The average molecular weight is 275 g/mol. The summed E-state index contributed by atoms with van der Waals surface area (Å²) in [6.45, 7) is 7.25. The van der Waals surface area contributed by atoms with Crippen molar-refractivity contribution in [1.29, 1.82) is 0 Å². The largest absolute Gasteiger partial charge is 0.364 e. The van der Waals surface area contributed by atoms with E-state index in [9.17, 15) is 0 Å². The summed E-state index contributed by atoms with van der Waals surface area (Å²) in [7, 11) is 0. The quantitative estimate of drug-likeness (QED) is 0.873. The molecule has 1 saturated heterocycles. The Hall–Kier alpha value is -0.280. The van der Waals surface area contributed by atoms with Crippen molar-refractivity contribution < 1.29 is 9.64 Å². The number of hydrogen-bond acceptors (Lipinski definition) is 1. The van der Waals surface area contributed by atoms with Crippen molar-refractivity contribution in [3.05, 3.63) is 33.8 Å². The van der Waals surface area contributed by atoms with Gasteiger partial charge in [-0.15, -0.1) is 0 Å². The minimum absolute atomic E-state index is 0.319. The molecular weight excluding hydrogens is 257 g/mol. The van der Waals surface area contributed by atoms with Gasteiger partial charge in [0.2, 0.25) is 0 Å². The smallest absolute Gasteiger partial charge is 0.104 e. The van der Waals surface area contributed by atoms with Crippen molar-refractivity contribution in [2.45, 2.75) is 32.6 Å². The van der Waals surface area contributed by atoms with Gasteiger partial charge >= 0.3 is 0 Å². The summed E-state index contributed by atoms with van der Waals surface area (Å²) in [5.74, 6) is 0. The Kier molecular flexibility index (Phi) is 4.31. The van der Waals surface area contributed by atoms with E-state index in [4.69, 9.17) is 27.9 Å². The Morgan fingerprint density at radius 3 is 2.47 bits per heavy atom. The zero-order valence-corrected chi connectivity index (χ0v) is 11.7. The van der Waals surface area contributed by atoms with E-state index in [0.29, 0.717) is 17.2 Å². The molecule has 1 aromatic carbocycles. The standard InChI is InChI=1S/C13H17Cl2NO/c1-9-6-16(7-10(2)17-9)8-11-3-4-12(14)5-13(11)15/h3-5,9-10H,6-8H2,1-2H3/p+1/t9-,10-/m0/s1. The monoisotopic (exact) mass is 274 g/mol. The number of hydrogen-bond donors (Lipinski definition) is 1. The summed E-state index contributed by atoms with van der Waals surface area (Å²) in [6.07, 6.45) is 0.639. The number of nitrogens with one attached hydrogen (secondary N) is 1. The predicted octanol–water partition coefficient (Wildman–Crippen LogP) is 2.19.